The zero-order valence-electron chi connectivity index (χ0n) is 6.53. The summed E-state index contributed by atoms with van der Waals surface area (Å²) >= 11 is 0. The maximum absolute atomic E-state index is 11.1. The van der Waals surface area contributed by atoms with Crippen LogP contribution in [0.5, 0.6) is 0 Å². The molecule has 0 saturated heterocycles. The minimum absolute atomic E-state index is 0.214. The standard InChI is InChI=1S/C7H10N4O/c8-2-1-3-10-7(12)11-5-4-9-6-11/h2,4-6,8H,1,3H2,(H,10,12). The first-order chi connectivity index (χ1) is 5.84. The maximum Gasteiger partial charge on any atom is 0.326 e. The fourth-order valence-corrected chi connectivity index (χ4v) is 0.722. The summed E-state index contributed by atoms with van der Waals surface area (Å²) in [5, 5.41) is 9.34. The van der Waals surface area contributed by atoms with Crippen LogP contribution in [-0.2, 0) is 0 Å². The van der Waals surface area contributed by atoms with Gasteiger partial charge in [0.15, 0.2) is 0 Å². The summed E-state index contributed by atoms with van der Waals surface area (Å²) in [5.74, 6) is 0. The van der Waals surface area contributed by atoms with Crippen molar-refractivity contribution in [3.63, 3.8) is 0 Å². The van der Waals surface area contributed by atoms with Gasteiger partial charge in [0, 0.05) is 18.9 Å². The minimum atomic E-state index is -0.214. The Morgan fingerprint density at radius 3 is 3.17 bits per heavy atom. The Morgan fingerprint density at radius 1 is 1.75 bits per heavy atom. The van der Waals surface area contributed by atoms with Crippen LogP contribution >= 0.6 is 0 Å². The molecule has 1 aromatic rings. The molecule has 0 fully saturated rings. The highest BCUT2D eigenvalue weighted by atomic mass is 16.2. The van der Waals surface area contributed by atoms with Crippen molar-refractivity contribution in [3.05, 3.63) is 18.7 Å². The molecule has 1 heterocycles. The van der Waals surface area contributed by atoms with Gasteiger partial charge in [-0.2, -0.15) is 0 Å². The molecule has 5 heteroatoms. The molecule has 0 atom stereocenters. The van der Waals surface area contributed by atoms with E-state index >= 15 is 0 Å². The van der Waals surface area contributed by atoms with Gasteiger partial charge in [-0.3, -0.25) is 4.57 Å². The summed E-state index contributed by atoms with van der Waals surface area (Å²) < 4.78 is 1.35. The maximum atomic E-state index is 11.1. The summed E-state index contributed by atoms with van der Waals surface area (Å²) in [7, 11) is 0. The van der Waals surface area contributed by atoms with E-state index in [0.29, 0.717) is 13.0 Å². The Morgan fingerprint density at radius 2 is 2.58 bits per heavy atom. The number of amides is 1. The Bertz CT molecular complexity index is 254. The van der Waals surface area contributed by atoms with Gasteiger partial charge in [-0.05, 0) is 12.6 Å². The molecule has 5 nitrogen and oxygen atoms in total. The number of aromatic nitrogens is 2. The largest absolute Gasteiger partial charge is 0.337 e. The number of rotatable bonds is 3. The van der Waals surface area contributed by atoms with Gasteiger partial charge in [-0.25, -0.2) is 9.78 Å². The molecular formula is C7H10N4O. The topological polar surface area (TPSA) is 70.8 Å². The SMILES string of the molecule is N=CCCNC(=O)n1ccnc1. The monoisotopic (exact) mass is 166 g/mol. The molecule has 64 valence electrons. The molecule has 0 aliphatic heterocycles. The summed E-state index contributed by atoms with van der Waals surface area (Å²) in [6, 6.07) is -0.214. The molecule has 0 spiro atoms. The van der Waals surface area contributed by atoms with E-state index in [1.54, 1.807) is 6.20 Å². The average Bonchev–Trinajstić information content (AvgIpc) is 2.56. The number of carbonyl (C=O) groups excluding carboxylic acids is 1. The van der Waals surface area contributed by atoms with Gasteiger partial charge in [-0.1, -0.05) is 0 Å². The lowest BCUT2D eigenvalue weighted by atomic mass is 10.5. The van der Waals surface area contributed by atoms with Gasteiger partial charge in [0.1, 0.15) is 6.33 Å². The van der Waals surface area contributed by atoms with Crippen LogP contribution in [0.4, 0.5) is 4.79 Å². The molecule has 2 N–H and O–H groups in total. The Hall–Kier alpha value is -1.65. The zero-order valence-corrected chi connectivity index (χ0v) is 6.53. The van der Waals surface area contributed by atoms with Gasteiger partial charge >= 0.3 is 6.03 Å². The van der Waals surface area contributed by atoms with Crippen LogP contribution in [0.25, 0.3) is 0 Å². The van der Waals surface area contributed by atoms with E-state index in [9.17, 15) is 4.79 Å². The van der Waals surface area contributed by atoms with E-state index in [-0.39, 0.29) is 6.03 Å². The molecular weight excluding hydrogens is 156 g/mol. The lowest BCUT2D eigenvalue weighted by Crippen LogP contribution is -2.28. The zero-order chi connectivity index (χ0) is 8.81. The predicted octanol–water partition coefficient (Wildman–Crippen LogP) is 0.480. The van der Waals surface area contributed by atoms with Crippen molar-refractivity contribution in [2.75, 3.05) is 6.54 Å². The number of hydrogen-bond acceptors (Lipinski definition) is 3. The Kier molecular flexibility index (Phi) is 3.01. The second kappa shape index (κ2) is 4.27. The number of hydrogen-bond donors (Lipinski definition) is 2. The van der Waals surface area contributed by atoms with Crippen LogP contribution in [-0.4, -0.2) is 28.3 Å². The second-order valence-electron chi connectivity index (χ2n) is 2.19. The molecule has 0 bridgehead atoms. The number of imidazole rings is 1. The highest BCUT2D eigenvalue weighted by Crippen LogP contribution is 1.84. The van der Waals surface area contributed by atoms with Crippen LogP contribution in [0, 0.1) is 5.41 Å². The highest BCUT2D eigenvalue weighted by molar-refractivity contribution is 5.76. The van der Waals surface area contributed by atoms with Crippen molar-refractivity contribution in [2.24, 2.45) is 0 Å². The van der Waals surface area contributed by atoms with Gasteiger partial charge in [0.05, 0.1) is 0 Å². The molecule has 1 aromatic heterocycles. The van der Waals surface area contributed by atoms with Gasteiger partial charge in [0.2, 0.25) is 0 Å². The molecule has 0 aliphatic rings. The number of carbonyl (C=O) groups is 1. The quantitative estimate of drug-likeness (QED) is 0.506. The van der Waals surface area contributed by atoms with Gasteiger partial charge < -0.3 is 10.7 Å². The third-order valence-electron chi connectivity index (χ3n) is 1.30. The van der Waals surface area contributed by atoms with Crippen molar-refractivity contribution in [1.29, 1.82) is 5.41 Å². The molecule has 0 unspecified atom stereocenters. The van der Waals surface area contributed by atoms with Crippen molar-refractivity contribution < 1.29 is 4.79 Å². The first-order valence-corrected chi connectivity index (χ1v) is 3.59. The third kappa shape index (κ3) is 2.19. The van der Waals surface area contributed by atoms with Crippen LogP contribution in [0.1, 0.15) is 6.42 Å². The number of nitrogens with one attached hydrogen (secondary N) is 2. The van der Waals surface area contributed by atoms with Crippen molar-refractivity contribution in [1.82, 2.24) is 14.9 Å². The van der Waals surface area contributed by atoms with E-state index in [2.05, 4.69) is 10.3 Å². The smallest absolute Gasteiger partial charge is 0.326 e. The van der Waals surface area contributed by atoms with Crippen LogP contribution in [0.3, 0.4) is 0 Å². The second-order valence-corrected chi connectivity index (χ2v) is 2.19. The molecule has 0 aliphatic carbocycles. The summed E-state index contributed by atoms with van der Waals surface area (Å²) in [6.07, 6.45) is 6.35. The predicted molar refractivity (Wildman–Crippen MR) is 44.4 cm³/mol. The molecule has 12 heavy (non-hydrogen) atoms. The van der Waals surface area contributed by atoms with Gasteiger partial charge in [0.25, 0.3) is 0 Å². The average molecular weight is 166 g/mol. The molecule has 0 radical (unpaired) electrons. The first-order valence-electron chi connectivity index (χ1n) is 3.59. The summed E-state index contributed by atoms with van der Waals surface area (Å²) in [6.45, 7) is 0.487. The highest BCUT2D eigenvalue weighted by Gasteiger charge is 1.99. The normalized spacial score (nSPS) is 9.33. The first kappa shape index (κ1) is 8.45. The molecule has 0 saturated carbocycles. The molecule has 1 amide bonds. The van der Waals surface area contributed by atoms with E-state index in [4.69, 9.17) is 5.41 Å². The number of nitrogens with zero attached hydrogens (tertiary/aromatic N) is 2. The third-order valence-corrected chi connectivity index (χ3v) is 1.30. The summed E-state index contributed by atoms with van der Waals surface area (Å²) in [5.41, 5.74) is 0. The molecule has 1 rings (SSSR count). The van der Waals surface area contributed by atoms with Crippen molar-refractivity contribution in [2.45, 2.75) is 6.42 Å². The minimum Gasteiger partial charge on any atom is -0.337 e. The van der Waals surface area contributed by atoms with Crippen LogP contribution in [0.15, 0.2) is 18.7 Å². The fraction of sp³-hybridized carbons (Fsp3) is 0.286. The molecule has 0 aromatic carbocycles. The van der Waals surface area contributed by atoms with E-state index in [1.165, 1.54) is 23.3 Å². The lowest BCUT2D eigenvalue weighted by molar-refractivity contribution is 0.242. The van der Waals surface area contributed by atoms with E-state index < -0.39 is 0 Å². The fourth-order valence-electron chi connectivity index (χ4n) is 0.722. The van der Waals surface area contributed by atoms with Crippen molar-refractivity contribution in [3.8, 4) is 0 Å². The van der Waals surface area contributed by atoms with E-state index in [0.717, 1.165) is 0 Å². The van der Waals surface area contributed by atoms with Crippen LogP contribution < -0.4 is 5.32 Å². The lowest BCUT2D eigenvalue weighted by Gasteiger charge is -2.01. The van der Waals surface area contributed by atoms with E-state index in [1.807, 2.05) is 0 Å². The van der Waals surface area contributed by atoms with Crippen molar-refractivity contribution >= 4 is 12.2 Å². The van der Waals surface area contributed by atoms with Gasteiger partial charge in [-0.15, -0.1) is 0 Å². The Labute approximate surface area is 69.9 Å². The summed E-state index contributed by atoms with van der Waals surface area (Å²) in [4.78, 5) is 14.8. The van der Waals surface area contributed by atoms with Crippen LogP contribution in [0.2, 0.25) is 0 Å². The Balaban J connectivity index is 2.34.